The van der Waals surface area contributed by atoms with Crippen LogP contribution < -0.4 is 10.2 Å². The van der Waals surface area contributed by atoms with Gasteiger partial charge in [-0.25, -0.2) is 4.68 Å². The number of carbonyl (C=O) groups is 1. The van der Waals surface area contributed by atoms with Gasteiger partial charge in [-0.3, -0.25) is 9.79 Å². The van der Waals surface area contributed by atoms with Gasteiger partial charge in [-0.2, -0.15) is 0 Å². The number of halogens is 1. The second-order valence-electron chi connectivity index (χ2n) is 8.73. The Kier molecular flexibility index (Phi) is 6.49. The third kappa shape index (κ3) is 4.91. The number of fused-ring (bicyclic) bond motifs is 1. The number of nitrogens with zero attached hydrogens (tertiary/aromatic N) is 6. The molecule has 1 aliphatic rings. The van der Waals surface area contributed by atoms with Crippen molar-refractivity contribution in [1.82, 2.24) is 19.9 Å². The molecule has 0 saturated heterocycles. The average Bonchev–Trinajstić information content (AvgIpc) is 3.14. The van der Waals surface area contributed by atoms with Gasteiger partial charge in [-0.15, -0.1) is 5.10 Å². The molecule has 4 rings (SSSR count). The van der Waals surface area contributed by atoms with E-state index in [0.717, 1.165) is 22.6 Å². The summed E-state index contributed by atoms with van der Waals surface area (Å²) >= 11 is 6.52. The minimum Gasteiger partial charge on any atom is -0.371 e. The number of nitrogens with one attached hydrogen (secondary N) is 1. The zero-order valence-electron chi connectivity index (χ0n) is 19.5. The van der Waals surface area contributed by atoms with Crippen molar-refractivity contribution >= 4 is 40.3 Å². The second kappa shape index (κ2) is 9.33. The number of anilines is 2. The normalized spacial score (nSPS) is 13.6. The van der Waals surface area contributed by atoms with E-state index in [-0.39, 0.29) is 18.4 Å². The third-order valence-corrected chi connectivity index (χ3v) is 5.90. The fourth-order valence-corrected chi connectivity index (χ4v) is 4.01. The molecule has 8 nitrogen and oxygen atoms in total. The minimum absolute atomic E-state index is 0.131. The predicted octanol–water partition coefficient (Wildman–Crippen LogP) is 4.29. The molecule has 0 fully saturated rings. The molecule has 172 valence electrons. The Morgan fingerprint density at radius 3 is 2.70 bits per heavy atom. The lowest BCUT2D eigenvalue weighted by molar-refractivity contribution is -0.115. The number of benzene rings is 2. The standard InChI is InChI=1S/C24H28ClN7O/c1-15(2)31(5)23-11-22-21(10-19(23)25)28-24(33)12-20(27-22)16-7-6-8-17(9-16)32-18(13-26-29-32)14-30(3)4/h6-11,13,15H,12,14H2,1-5H3,(H,28,33). The maximum atomic E-state index is 12.7. The average molecular weight is 466 g/mol. The molecule has 1 N–H and O–H groups in total. The molecule has 2 heterocycles. The summed E-state index contributed by atoms with van der Waals surface area (Å²) in [6, 6.07) is 11.8. The summed E-state index contributed by atoms with van der Waals surface area (Å²) < 4.78 is 1.81. The van der Waals surface area contributed by atoms with Crippen LogP contribution in [0.5, 0.6) is 0 Å². The Morgan fingerprint density at radius 2 is 1.97 bits per heavy atom. The molecule has 33 heavy (non-hydrogen) atoms. The van der Waals surface area contributed by atoms with E-state index in [9.17, 15) is 4.79 Å². The van der Waals surface area contributed by atoms with Crippen molar-refractivity contribution < 1.29 is 4.79 Å². The van der Waals surface area contributed by atoms with E-state index >= 15 is 0 Å². The maximum absolute atomic E-state index is 12.7. The lowest BCUT2D eigenvalue weighted by atomic mass is 10.1. The SMILES string of the molecule is CC(C)N(C)c1cc2c(cc1Cl)NC(=O)CC(c1cccc(-n3nncc3CN(C)C)c1)=N2. The Bertz CT molecular complexity index is 1220. The molecule has 9 heteroatoms. The number of rotatable bonds is 6. The van der Waals surface area contributed by atoms with Gasteiger partial charge >= 0.3 is 0 Å². The zero-order valence-corrected chi connectivity index (χ0v) is 20.3. The van der Waals surface area contributed by atoms with Crippen LogP contribution in [0.4, 0.5) is 17.1 Å². The molecule has 0 aliphatic carbocycles. The van der Waals surface area contributed by atoms with Crippen LogP contribution in [0, 0.1) is 0 Å². The van der Waals surface area contributed by atoms with Gasteiger partial charge < -0.3 is 15.1 Å². The van der Waals surface area contributed by atoms with Gasteiger partial charge in [0.2, 0.25) is 5.91 Å². The Hall–Kier alpha value is -3.23. The topological polar surface area (TPSA) is 78.7 Å². The van der Waals surface area contributed by atoms with Crippen LogP contribution in [0.25, 0.3) is 5.69 Å². The summed E-state index contributed by atoms with van der Waals surface area (Å²) in [5, 5.41) is 11.8. The second-order valence-corrected chi connectivity index (χ2v) is 9.14. The van der Waals surface area contributed by atoms with Gasteiger partial charge in [-0.05, 0) is 57.8 Å². The molecule has 0 radical (unpaired) electrons. The summed E-state index contributed by atoms with van der Waals surface area (Å²) in [4.78, 5) is 21.7. The summed E-state index contributed by atoms with van der Waals surface area (Å²) in [5.41, 5.74) is 5.54. The summed E-state index contributed by atoms with van der Waals surface area (Å²) in [6.07, 6.45) is 1.92. The molecule has 0 spiro atoms. The van der Waals surface area contributed by atoms with Gasteiger partial charge in [0, 0.05) is 19.6 Å². The highest BCUT2D eigenvalue weighted by Crippen LogP contribution is 2.39. The zero-order chi connectivity index (χ0) is 23.7. The molecule has 1 aliphatic heterocycles. The largest absolute Gasteiger partial charge is 0.371 e. The van der Waals surface area contributed by atoms with Crippen LogP contribution >= 0.6 is 11.6 Å². The van der Waals surface area contributed by atoms with E-state index in [4.69, 9.17) is 16.6 Å². The first-order valence-electron chi connectivity index (χ1n) is 10.8. The Morgan fingerprint density at radius 1 is 1.18 bits per heavy atom. The Balaban J connectivity index is 1.77. The summed E-state index contributed by atoms with van der Waals surface area (Å²) in [6.45, 7) is 4.90. The molecular weight excluding hydrogens is 438 g/mol. The van der Waals surface area contributed by atoms with E-state index < -0.39 is 0 Å². The van der Waals surface area contributed by atoms with Crippen molar-refractivity contribution in [3.05, 3.63) is 58.9 Å². The lowest BCUT2D eigenvalue weighted by Crippen LogP contribution is -2.25. The van der Waals surface area contributed by atoms with Crippen molar-refractivity contribution in [2.45, 2.75) is 32.9 Å². The number of aromatic nitrogens is 3. The quantitative estimate of drug-likeness (QED) is 0.587. The van der Waals surface area contributed by atoms with Crippen LogP contribution in [0.15, 0.2) is 47.6 Å². The van der Waals surface area contributed by atoms with Crippen molar-refractivity contribution in [1.29, 1.82) is 0 Å². The van der Waals surface area contributed by atoms with E-state index in [1.54, 1.807) is 12.3 Å². The van der Waals surface area contributed by atoms with Gasteiger partial charge in [0.25, 0.3) is 0 Å². The van der Waals surface area contributed by atoms with Gasteiger partial charge in [-0.1, -0.05) is 28.9 Å². The first-order chi connectivity index (χ1) is 15.7. The number of hydrogen-bond acceptors (Lipinski definition) is 6. The number of amides is 1. The van der Waals surface area contributed by atoms with Crippen LogP contribution in [0.2, 0.25) is 5.02 Å². The molecule has 1 aromatic heterocycles. The molecule has 1 amide bonds. The number of carbonyl (C=O) groups excluding carboxylic acids is 1. The van der Waals surface area contributed by atoms with Crippen LogP contribution in [0.3, 0.4) is 0 Å². The molecule has 0 saturated carbocycles. The fourth-order valence-electron chi connectivity index (χ4n) is 3.71. The smallest absolute Gasteiger partial charge is 0.230 e. The summed E-state index contributed by atoms with van der Waals surface area (Å²) in [7, 11) is 5.99. The molecule has 0 bridgehead atoms. The minimum atomic E-state index is -0.131. The molecule has 3 aromatic rings. The maximum Gasteiger partial charge on any atom is 0.230 e. The van der Waals surface area contributed by atoms with Gasteiger partial charge in [0.05, 0.1) is 51.8 Å². The predicted molar refractivity (Wildman–Crippen MR) is 133 cm³/mol. The number of aliphatic imine (C=N–C) groups is 1. The first-order valence-corrected chi connectivity index (χ1v) is 11.2. The van der Waals surface area contributed by atoms with Gasteiger partial charge in [0.1, 0.15) is 0 Å². The molecular formula is C24H28ClN7O. The fraction of sp³-hybridized carbons (Fsp3) is 0.333. The molecule has 2 aromatic carbocycles. The highest BCUT2D eigenvalue weighted by atomic mass is 35.5. The summed E-state index contributed by atoms with van der Waals surface area (Å²) in [5.74, 6) is -0.131. The third-order valence-electron chi connectivity index (χ3n) is 5.60. The molecule has 0 unspecified atom stereocenters. The van der Waals surface area contributed by atoms with E-state index in [1.165, 1.54) is 0 Å². The Labute approximate surface area is 198 Å². The van der Waals surface area contributed by atoms with E-state index in [1.807, 2.05) is 56.2 Å². The monoisotopic (exact) mass is 465 g/mol. The lowest BCUT2D eigenvalue weighted by Gasteiger charge is -2.25. The highest BCUT2D eigenvalue weighted by molar-refractivity contribution is 6.34. The van der Waals surface area contributed by atoms with Crippen molar-refractivity contribution in [3.8, 4) is 5.69 Å². The highest BCUT2D eigenvalue weighted by Gasteiger charge is 2.21. The number of hydrogen-bond donors (Lipinski definition) is 1. The first kappa shape index (κ1) is 22.9. The van der Waals surface area contributed by atoms with E-state index in [2.05, 4.69) is 39.3 Å². The van der Waals surface area contributed by atoms with Crippen LogP contribution in [0.1, 0.15) is 31.5 Å². The van der Waals surface area contributed by atoms with Crippen LogP contribution in [-0.2, 0) is 11.3 Å². The van der Waals surface area contributed by atoms with Crippen molar-refractivity contribution in [3.63, 3.8) is 0 Å². The molecule has 0 atom stereocenters. The van der Waals surface area contributed by atoms with E-state index in [0.29, 0.717) is 28.7 Å². The van der Waals surface area contributed by atoms with Crippen LogP contribution in [-0.4, -0.2) is 58.7 Å². The van der Waals surface area contributed by atoms with Crippen molar-refractivity contribution in [2.75, 3.05) is 31.4 Å². The van der Waals surface area contributed by atoms with Gasteiger partial charge in [0.15, 0.2) is 0 Å². The van der Waals surface area contributed by atoms with Crippen molar-refractivity contribution in [2.24, 2.45) is 4.99 Å².